The Kier molecular flexibility index (Phi) is 6.41. The maximum atomic E-state index is 12.5. The molecule has 1 rings (SSSR count). The third-order valence-corrected chi connectivity index (χ3v) is 5.32. The van der Waals surface area contributed by atoms with E-state index in [4.69, 9.17) is 4.74 Å². The van der Waals surface area contributed by atoms with Gasteiger partial charge >= 0.3 is 5.97 Å². The van der Waals surface area contributed by atoms with Crippen LogP contribution in [0.2, 0.25) is 0 Å². The summed E-state index contributed by atoms with van der Waals surface area (Å²) < 4.78 is 32.3. The average molecular weight is 357 g/mol. The molecule has 0 bridgehead atoms. The Morgan fingerprint density at radius 2 is 1.62 bits per heavy atom. The van der Waals surface area contributed by atoms with Crippen LogP contribution in [-0.2, 0) is 19.6 Å². The van der Waals surface area contributed by atoms with Gasteiger partial charge in [-0.1, -0.05) is 19.1 Å². The molecule has 0 aliphatic heterocycles. The van der Waals surface area contributed by atoms with Crippen molar-refractivity contribution in [1.82, 2.24) is 4.72 Å². The van der Waals surface area contributed by atoms with Crippen molar-refractivity contribution < 1.29 is 23.1 Å². The maximum absolute atomic E-state index is 12.5. The molecule has 24 heavy (non-hydrogen) atoms. The zero-order valence-corrected chi connectivity index (χ0v) is 15.8. The third-order valence-electron chi connectivity index (χ3n) is 3.49. The van der Waals surface area contributed by atoms with Gasteiger partial charge in [-0.05, 0) is 52.3 Å². The summed E-state index contributed by atoms with van der Waals surface area (Å²) >= 11 is 0. The smallest absolute Gasteiger partial charge is 0.325 e. The van der Waals surface area contributed by atoms with Crippen LogP contribution < -0.4 is 4.72 Å². The van der Waals surface area contributed by atoms with Crippen LogP contribution in [0.4, 0.5) is 0 Å². The molecule has 2 atom stereocenters. The molecular formula is C17H27NO5S. The fourth-order valence-corrected chi connectivity index (χ4v) is 2.93. The van der Waals surface area contributed by atoms with Crippen LogP contribution in [0, 0.1) is 0 Å². The number of hydrogen-bond acceptors (Lipinski definition) is 5. The molecule has 0 spiro atoms. The van der Waals surface area contributed by atoms with Crippen LogP contribution in [0.1, 0.15) is 53.0 Å². The van der Waals surface area contributed by atoms with E-state index in [1.165, 1.54) is 12.1 Å². The number of carbonyl (C=O) groups is 1. The summed E-state index contributed by atoms with van der Waals surface area (Å²) in [6, 6.07) is 5.24. The van der Waals surface area contributed by atoms with Crippen molar-refractivity contribution in [2.24, 2.45) is 0 Å². The summed E-state index contributed by atoms with van der Waals surface area (Å²) in [7, 11) is -3.66. The minimum Gasteiger partial charge on any atom is -0.508 e. The quantitative estimate of drug-likeness (QED) is 0.763. The number of sulfonamides is 1. The van der Waals surface area contributed by atoms with Gasteiger partial charge in [-0.2, -0.15) is 0 Å². The van der Waals surface area contributed by atoms with Gasteiger partial charge in [0.25, 0.3) is 0 Å². The summed E-state index contributed by atoms with van der Waals surface area (Å²) in [6.07, 6.45) is 0. The highest BCUT2D eigenvalue weighted by molar-refractivity contribution is 7.90. The molecule has 0 radical (unpaired) electrons. The van der Waals surface area contributed by atoms with Gasteiger partial charge in [-0.3, -0.25) is 4.79 Å². The largest absolute Gasteiger partial charge is 0.508 e. The lowest BCUT2D eigenvalue weighted by Crippen LogP contribution is -2.48. The van der Waals surface area contributed by atoms with Gasteiger partial charge in [0.1, 0.15) is 17.4 Å². The van der Waals surface area contributed by atoms with Gasteiger partial charge < -0.3 is 9.84 Å². The predicted molar refractivity (Wildman–Crippen MR) is 93.3 cm³/mol. The Morgan fingerprint density at radius 3 is 2.04 bits per heavy atom. The van der Waals surface area contributed by atoms with Crippen molar-refractivity contribution in [3.8, 4) is 5.75 Å². The van der Waals surface area contributed by atoms with E-state index in [0.717, 1.165) is 5.56 Å². The zero-order valence-electron chi connectivity index (χ0n) is 15.0. The van der Waals surface area contributed by atoms with Crippen molar-refractivity contribution in [3.63, 3.8) is 0 Å². The van der Waals surface area contributed by atoms with Crippen molar-refractivity contribution >= 4 is 16.0 Å². The maximum Gasteiger partial charge on any atom is 0.325 e. The molecule has 6 nitrogen and oxygen atoms in total. The number of hydrogen-bond donors (Lipinski definition) is 2. The molecule has 0 aliphatic carbocycles. The summed E-state index contributed by atoms with van der Waals surface area (Å²) in [6.45, 7) is 10.0. The number of esters is 1. The predicted octanol–water partition coefficient (Wildman–Crippen LogP) is 2.53. The Balaban J connectivity index is 3.16. The molecule has 0 aromatic heterocycles. The third kappa shape index (κ3) is 5.79. The van der Waals surface area contributed by atoms with Crippen LogP contribution in [0.5, 0.6) is 5.75 Å². The monoisotopic (exact) mass is 357 g/mol. The SMILES string of the molecule is CC(c1ccc(O)cc1)C(NS(=O)(=O)C(C)C)C(=O)OC(C)(C)C. The minimum absolute atomic E-state index is 0.0996. The number of ether oxygens (including phenoxy) is 1. The molecular weight excluding hydrogens is 330 g/mol. The van der Waals surface area contributed by atoms with Gasteiger partial charge in [-0.25, -0.2) is 13.1 Å². The molecule has 0 heterocycles. The van der Waals surface area contributed by atoms with Crippen LogP contribution in [-0.4, -0.2) is 36.4 Å². The van der Waals surface area contributed by atoms with Crippen molar-refractivity contribution in [2.75, 3.05) is 0 Å². The van der Waals surface area contributed by atoms with E-state index in [1.807, 2.05) is 0 Å². The number of carbonyl (C=O) groups excluding carboxylic acids is 1. The lowest BCUT2D eigenvalue weighted by Gasteiger charge is -2.28. The van der Waals surface area contributed by atoms with Crippen molar-refractivity contribution in [2.45, 2.75) is 64.4 Å². The molecule has 2 unspecified atom stereocenters. The number of rotatable bonds is 6. The van der Waals surface area contributed by atoms with E-state index in [-0.39, 0.29) is 5.75 Å². The molecule has 1 aromatic rings. The minimum atomic E-state index is -3.66. The van der Waals surface area contributed by atoms with Gasteiger partial charge in [0.05, 0.1) is 5.25 Å². The standard InChI is InChI=1S/C17H27NO5S/c1-11(2)24(21,22)18-15(16(20)23-17(4,5)6)12(3)13-7-9-14(19)10-8-13/h7-12,15,18-19H,1-6H3. The first-order valence-corrected chi connectivity index (χ1v) is 9.41. The summed E-state index contributed by atoms with van der Waals surface area (Å²) in [5.74, 6) is -0.996. The second-order valence-corrected chi connectivity index (χ2v) is 9.37. The fraction of sp³-hybridized carbons (Fsp3) is 0.588. The lowest BCUT2D eigenvalue weighted by molar-refractivity contribution is -0.157. The molecule has 1 aromatic carbocycles. The first kappa shape index (κ1) is 20.4. The zero-order chi connectivity index (χ0) is 18.7. The molecule has 0 saturated heterocycles. The molecule has 0 saturated carbocycles. The van der Waals surface area contributed by atoms with E-state index in [2.05, 4.69) is 4.72 Å². The van der Waals surface area contributed by atoms with E-state index in [0.29, 0.717) is 0 Å². The average Bonchev–Trinajstić information content (AvgIpc) is 2.42. The van der Waals surface area contributed by atoms with Gasteiger partial charge in [-0.15, -0.1) is 0 Å². The van der Waals surface area contributed by atoms with E-state index < -0.39 is 38.8 Å². The fourth-order valence-electron chi connectivity index (χ4n) is 2.00. The highest BCUT2D eigenvalue weighted by atomic mass is 32.2. The van der Waals surface area contributed by atoms with E-state index in [9.17, 15) is 18.3 Å². The Hall–Kier alpha value is -1.60. The summed E-state index contributed by atoms with van der Waals surface area (Å²) in [5, 5.41) is 8.72. The van der Waals surface area contributed by atoms with Crippen LogP contribution in [0.25, 0.3) is 0 Å². The highest BCUT2D eigenvalue weighted by Gasteiger charge is 2.34. The van der Waals surface area contributed by atoms with Crippen LogP contribution in [0.15, 0.2) is 24.3 Å². The van der Waals surface area contributed by atoms with Gasteiger partial charge in [0, 0.05) is 5.92 Å². The second kappa shape index (κ2) is 7.53. The topological polar surface area (TPSA) is 92.7 Å². The van der Waals surface area contributed by atoms with Crippen LogP contribution in [0.3, 0.4) is 0 Å². The van der Waals surface area contributed by atoms with Gasteiger partial charge in [0.2, 0.25) is 10.0 Å². The molecule has 136 valence electrons. The lowest BCUT2D eigenvalue weighted by atomic mass is 9.93. The van der Waals surface area contributed by atoms with Gasteiger partial charge in [0.15, 0.2) is 0 Å². The number of benzene rings is 1. The molecule has 0 fully saturated rings. The number of nitrogens with one attached hydrogen (secondary N) is 1. The summed E-state index contributed by atoms with van der Waals surface area (Å²) in [5.41, 5.74) is -0.0112. The summed E-state index contributed by atoms with van der Waals surface area (Å²) in [4.78, 5) is 12.5. The normalized spacial score (nSPS) is 15.1. The number of aromatic hydroxyl groups is 1. The number of phenolic OH excluding ortho intramolecular Hbond substituents is 1. The van der Waals surface area contributed by atoms with Crippen LogP contribution >= 0.6 is 0 Å². The molecule has 7 heteroatoms. The highest BCUT2D eigenvalue weighted by Crippen LogP contribution is 2.24. The van der Waals surface area contributed by atoms with E-state index in [1.54, 1.807) is 53.7 Å². The van der Waals surface area contributed by atoms with E-state index >= 15 is 0 Å². The Bertz CT molecular complexity index is 659. The second-order valence-electron chi connectivity index (χ2n) is 7.10. The Labute approximate surface area is 144 Å². The molecule has 0 amide bonds. The van der Waals surface area contributed by atoms with Crippen molar-refractivity contribution in [1.29, 1.82) is 0 Å². The number of phenols is 1. The molecule has 0 aliphatic rings. The first-order valence-electron chi connectivity index (χ1n) is 7.86. The molecule has 2 N–H and O–H groups in total. The Morgan fingerprint density at radius 1 is 1.12 bits per heavy atom. The van der Waals surface area contributed by atoms with Crippen molar-refractivity contribution in [3.05, 3.63) is 29.8 Å². The first-order chi connectivity index (χ1) is 10.8.